The first-order chi connectivity index (χ1) is 16.0. The lowest BCUT2D eigenvalue weighted by Gasteiger charge is -2.43. The van der Waals surface area contributed by atoms with Crippen molar-refractivity contribution in [1.29, 1.82) is 5.26 Å². The Balaban J connectivity index is 1.61. The molecule has 0 spiro atoms. The summed E-state index contributed by atoms with van der Waals surface area (Å²) in [7, 11) is 1.58. The number of piperazine rings is 1. The highest BCUT2D eigenvalue weighted by molar-refractivity contribution is 5.86. The molecule has 1 saturated heterocycles. The first-order valence-electron chi connectivity index (χ1n) is 10.7. The molecule has 0 saturated carbocycles. The van der Waals surface area contributed by atoms with Crippen LogP contribution in [0.1, 0.15) is 36.7 Å². The van der Waals surface area contributed by atoms with Gasteiger partial charge in [0.15, 0.2) is 5.82 Å². The minimum atomic E-state index is -4.61. The highest BCUT2D eigenvalue weighted by Gasteiger charge is 2.34. The van der Waals surface area contributed by atoms with Crippen LogP contribution in [-0.4, -0.2) is 45.1 Å². The summed E-state index contributed by atoms with van der Waals surface area (Å²) >= 11 is 0. The molecule has 0 aliphatic carbocycles. The number of anilines is 1. The van der Waals surface area contributed by atoms with Crippen molar-refractivity contribution >= 4 is 16.9 Å². The molecule has 1 aromatic carbocycles. The molecule has 7 nitrogen and oxygen atoms in total. The summed E-state index contributed by atoms with van der Waals surface area (Å²) in [5, 5.41) is 9.24. The maximum Gasteiger partial charge on any atom is 0.416 e. The van der Waals surface area contributed by atoms with Crippen molar-refractivity contribution in [3.8, 4) is 6.07 Å². The van der Waals surface area contributed by atoms with Gasteiger partial charge in [0.2, 0.25) is 0 Å². The maximum atomic E-state index is 14.6. The van der Waals surface area contributed by atoms with E-state index in [1.807, 2.05) is 22.8 Å². The topological polar surface area (TPSA) is 78.0 Å². The number of hydrogen-bond acceptors (Lipinski definition) is 6. The number of rotatable bonds is 3. The SMILES string of the molecule is CC1CN(c2nc(=O)n(C)c3ccc(C#N)nc23)CCN1C(C)c1ccc(C(F)(F)F)cc1F. The van der Waals surface area contributed by atoms with E-state index in [2.05, 4.69) is 9.97 Å². The minimum Gasteiger partial charge on any atom is -0.352 e. The molecule has 0 bridgehead atoms. The summed E-state index contributed by atoms with van der Waals surface area (Å²) < 4.78 is 54.6. The van der Waals surface area contributed by atoms with Gasteiger partial charge in [0.05, 0.1) is 11.1 Å². The molecule has 0 amide bonds. The summed E-state index contributed by atoms with van der Waals surface area (Å²) in [5.41, 5.74) is -0.109. The number of nitriles is 1. The van der Waals surface area contributed by atoms with E-state index in [0.717, 1.165) is 6.07 Å². The Labute approximate surface area is 192 Å². The number of aromatic nitrogens is 3. The fourth-order valence-electron chi connectivity index (χ4n) is 4.45. The first kappa shape index (κ1) is 23.6. The predicted molar refractivity (Wildman–Crippen MR) is 118 cm³/mol. The van der Waals surface area contributed by atoms with Crippen LogP contribution in [-0.2, 0) is 13.2 Å². The largest absolute Gasteiger partial charge is 0.416 e. The van der Waals surface area contributed by atoms with Gasteiger partial charge in [0, 0.05) is 44.3 Å². The zero-order valence-electron chi connectivity index (χ0n) is 18.8. The minimum absolute atomic E-state index is 0.134. The summed E-state index contributed by atoms with van der Waals surface area (Å²) in [5.74, 6) is -0.528. The smallest absolute Gasteiger partial charge is 0.352 e. The van der Waals surface area contributed by atoms with Crippen molar-refractivity contribution in [3.05, 3.63) is 63.5 Å². The maximum absolute atomic E-state index is 14.6. The lowest BCUT2D eigenvalue weighted by Crippen LogP contribution is -2.53. The van der Waals surface area contributed by atoms with Crippen LogP contribution in [0, 0.1) is 17.1 Å². The lowest BCUT2D eigenvalue weighted by atomic mass is 10.0. The Bertz CT molecular complexity index is 1350. The number of fused-ring (bicyclic) bond motifs is 1. The van der Waals surface area contributed by atoms with Gasteiger partial charge in [-0.3, -0.25) is 9.47 Å². The van der Waals surface area contributed by atoms with E-state index >= 15 is 0 Å². The highest BCUT2D eigenvalue weighted by Crippen LogP contribution is 2.34. The molecule has 1 fully saturated rings. The van der Waals surface area contributed by atoms with E-state index in [4.69, 9.17) is 0 Å². The normalized spacial score (nSPS) is 18.2. The van der Waals surface area contributed by atoms with Gasteiger partial charge in [0.1, 0.15) is 23.1 Å². The lowest BCUT2D eigenvalue weighted by molar-refractivity contribution is -0.137. The fraction of sp³-hybridized carbons (Fsp3) is 0.391. The van der Waals surface area contributed by atoms with E-state index < -0.39 is 29.3 Å². The van der Waals surface area contributed by atoms with Gasteiger partial charge in [-0.05, 0) is 38.1 Å². The van der Waals surface area contributed by atoms with Crippen LogP contribution in [0.15, 0.2) is 35.1 Å². The van der Waals surface area contributed by atoms with E-state index in [1.54, 1.807) is 20.0 Å². The number of hydrogen-bond donors (Lipinski definition) is 0. The van der Waals surface area contributed by atoms with Crippen LogP contribution in [0.4, 0.5) is 23.4 Å². The standard InChI is InChI=1S/C23H22F4N6O/c1-13-12-32(21-20-19(31(3)22(34)30-21)7-5-16(11-28)29-20)8-9-33(13)14(2)17-6-4-15(10-18(17)24)23(25,26)27/h4-7,10,13-14H,8-9,12H2,1-3H3. The van der Waals surface area contributed by atoms with Gasteiger partial charge in [-0.1, -0.05) is 6.07 Å². The van der Waals surface area contributed by atoms with E-state index in [0.29, 0.717) is 42.6 Å². The monoisotopic (exact) mass is 474 g/mol. The van der Waals surface area contributed by atoms with E-state index in [-0.39, 0.29) is 17.3 Å². The van der Waals surface area contributed by atoms with Gasteiger partial charge in [-0.25, -0.2) is 14.2 Å². The van der Waals surface area contributed by atoms with Crippen LogP contribution in [0.2, 0.25) is 0 Å². The van der Waals surface area contributed by atoms with Crippen LogP contribution < -0.4 is 10.6 Å². The van der Waals surface area contributed by atoms with Crippen LogP contribution in [0.3, 0.4) is 0 Å². The second kappa shape index (κ2) is 8.68. The molecular weight excluding hydrogens is 452 g/mol. The molecule has 2 aromatic heterocycles. The Hall–Kier alpha value is -3.52. The molecule has 11 heteroatoms. The summed E-state index contributed by atoms with van der Waals surface area (Å²) in [4.78, 5) is 24.9. The first-order valence-corrected chi connectivity index (χ1v) is 10.7. The number of halogens is 4. The third-order valence-electron chi connectivity index (χ3n) is 6.30. The van der Waals surface area contributed by atoms with Crippen molar-refractivity contribution in [2.45, 2.75) is 32.1 Å². The molecule has 1 aliphatic rings. The summed E-state index contributed by atoms with van der Waals surface area (Å²) in [6.45, 7) is 5.00. The molecule has 3 heterocycles. The van der Waals surface area contributed by atoms with Crippen molar-refractivity contribution < 1.29 is 17.6 Å². The molecular formula is C23H22F4N6O. The molecule has 2 atom stereocenters. The number of pyridine rings is 1. The molecule has 178 valence electrons. The Morgan fingerprint density at radius 3 is 2.53 bits per heavy atom. The van der Waals surface area contributed by atoms with Crippen molar-refractivity contribution in [1.82, 2.24) is 19.4 Å². The Morgan fingerprint density at radius 1 is 1.18 bits per heavy atom. The molecule has 3 aromatic rings. The highest BCUT2D eigenvalue weighted by atomic mass is 19.4. The van der Waals surface area contributed by atoms with Crippen molar-refractivity contribution in [2.75, 3.05) is 24.5 Å². The molecule has 4 rings (SSSR count). The quantitative estimate of drug-likeness (QED) is 0.540. The Morgan fingerprint density at radius 2 is 1.91 bits per heavy atom. The third kappa shape index (κ3) is 4.21. The van der Waals surface area contributed by atoms with Gasteiger partial charge in [-0.15, -0.1) is 0 Å². The van der Waals surface area contributed by atoms with Gasteiger partial charge in [0.25, 0.3) is 0 Å². The number of aryl methyl sites for hydroxylation is 1. The predicted octanol–water partition coefficient (Wildman–Crippen LogP) is 3.63. The van der Waals surface area contributed by atoms with Crippen LogP contribution in [0.25, 0.3) is 11.0 Å². The number of alkyl halides is 3. The molecule has 0 radical (unpaired) electrons. The Kier molecular flexibility index (Phi) is 6.03. The fourth-order valence-corrected chi connectivity index (χ4v) is 4.45. The molecule has 0 N–H and O–H groups in total. The van der Waals surface area contributed by atoms with Crippen molar-refractivity contribution in [3.63, 3.8) is 0 Å². The van der Waals surface area contributed by atoms with Gasteiger partial charge < -0.3 is 4.90 Å². The second-order valence-corrected chi connectivity index (χ2v) is 8.40. The average molecular weight is 474 g/mol. The third-order valence-corrected chi connectivity index (χ3v) is 6.30. The second-order valence-electron chi connectivity index (χ2n) is 8.40. The average Bonchev–Trinajstić information content (AvgIpc) is 2.80. The van der Waals surface area contributed by atoms with Gasteiger partial charge in [-0.2, -0.15) is 23.4 Å². The number of nitrogens with zero attached hydrogens (tertiary/aromatic N) is 6. The van der Waals surface area contributed by atoms with Crippen molar-refractivity contribution in [2.24, 2.45) is 7.05 Å². The number of benzene rings is 1. The van der Waals surface area contributed by atoms with Crippen LogP contribution in [0.5, 0.6) is 0 Å². The summed E-state index contributed by atoms with van der Waals surface area (Å²) in [6, 6.07) is 7.19. The van der Waals surface area contributed by atoms with E-state index in [1.165, 1.54) is 16.7 Å². The molecule has 1 aliphatic heterocycles. The molecule has 34 heavy (non-hydrogen) atoms. The van der Waals surface area contributed by atoms with E-state index in [9.17, 15) is 27.6 Å². The zero-order valence-corrected chi connectivity index (χ0v) is 18.8. The van der Waals surface area contributed by atoms with Gasteiger partial charge >= 0.3 is 11.9 Å². The molecule has 2 unspecified atom stereocenters. The zero-order chi connectivity index (χ0) is 24.8. The summed E-state index contributed by atoms with van der Waals surface area (Å²) in [6.07, 6.45) is -4.61. The van der Waals surface area contributed by atoms with Crippen LogP contribution >= 0.6 is 0 Å².